The molecule has 0 saturated heterocycles. The topological polar surface area (TPSA) is 25.8 Å². The molecule has 2 nitrogen and oxygen atoms in total. The van der Waals surface area contributed by atoms with E-state index in [4.69, 9.17) is 0 Å². The smallest absolute Gasteiger partial charge is 0.123 e. The Morgan fingerprint density at radius 1 is 0.812 bits per heavy atom. The van der Waals surface area contributed by atoms with E-state index < -0.39 is 0 Å². The Bertz CT molecular complexity index is 521. The van der Waals surface area contributed by atoms with Crippen molar-refractivity contribution in [3.8, 4) is 21.1 Å². The predicted octanol–water partition coefficient (Wildman–Crippen LogP) is 3.93. The van der Waals surface area contributed by atoms with Crippen molar-refractivity contribution >= 4 is 22.7 Å². The van der Waals surface area contributed by atoms with Gasteiger partial charge in [0.15, 0.2) is 0 Å². The summed E-state index contributed by atoms with van der Waals surface area (Å²) in [5.41, 5.74) is 2.31. The number of rotatable bonds is 2. The molecule has 0 fully saturated rings. The Labute approximate surface area is 101 Å². The van der Waals surface area contributed by atoms with E-state index in [1.54, 1.807) is 22.7 Å². The number of hydrogen-bond donors (Lipinski definition) is 0. The average molecular weight is 244 g/mol. The van der Waals surface area contributed by atoms with Crippen molar-refractivity contribution in [2.24, 2.45) is 0 Å². The fourth-order valence-corrected chi connectivity index (χ4v) is 2.79. The number of thiazole rings is 2. The van der Waals surface area contributed by atoms with Crippen LogP contribution in [-0.4, -0.2) is 9.97 Å². The van der Waals surface area contributed by atoms with E-state index in [1.807, 2.05) is 29.2 Å². The Kier molecular flexibility index (Phi) is 2.52. The second-order valence-corrected chi connectivity index (χ2v) is 5.04. The van der Waals surface area contributed by atoms with Crippen LogP contribution in [0.1, 0.15) is 0 Å². The van der Waals surface area contributed by atoms with Crippen molar-refractivity contribution in [2.45, 2.75) is 0 Å². The van der Waals surface area contributed by atoms with Gasteiger partial charge < -0.3 is 0 Å². The summed E-state index contributed by atoms with van der Waals surface area (Å²) in [5, 5.41) is 6.09. The summed E-state index contributed by atoms with van der Waals surface area (Å²) in [4.78, 5) is 8.62. The van der Waals surface area contributed by atoms with Crippen LogP contribution in [-0.2, 0) is 0 Å². The molecule has 16 heavy (non-hydrogen) atoms. The third-order valence-electron chi connectivity index (χ3n) is 2.22. The molecule has 0 atom stereocenters. The summed E-state index contributed by atoms with van der Waals surface area (Å²) >= 11 is 3.31. The molecule has 2 aromatic heterocycles. The fourth-order valence-electron chi connectivity index (χ4n) is 1.52. The van der Waals surface area contributed by atoms with Gasteiger partial charge in [0.2, 0.25) is 0 Å². The summed E-state index contributed by atoms with van der Waals surface area (Å²) < 4.78 is 0. The minimum atomic E-state index is 1.05. The molecule has 0 unspecified atom stereocenters. The highest BCUT2D eigenvalue weighted by molar-refractivity contribution is 7.13. The van der Waals surface area contributed by atoms with Gasteiger partial charge in [-0.1, -0.05) is 18.2 Å². The third-order valence-corrected chi connectivity index (χ3v) is 3.87. The monoisotopic (exact) mass is 244 g/mol. The van der Waals surface area contributed by atoms with E-state index in [-0.39, 0.29) is 0 Å². The SMILES string of the molecule is c1cc(-c2nccs2)cc(-c2nccs2)c1. The van der Waals surface area contributed by atoms with Gasteiger partial charge in [-0.2, -0.15) is 0 Å². The molecule has 0 aliphatic rings. The zero-order valence-electron chi connectivity index (χ0n) is 8.33. The Hall–Kier alpha value is -1.52. The third kappa shape index (κ3) is 1.77. The van der Waals surface area contributed by atoms with Crippen LogP contribution in [0.2, 0.25) is 0 Å². The Balaban J connectivity index is 2.07. The van der Waals surface area contributed by atoms with E-state index in [0.29, 0.717) is 0 Å². The molecule has 3 rings (SSSR count). The van der Waals surface area contributed by atoms with Gasteiger partial charge in [-0.3, -0.25) is 0 Å². The standard InChI is InChI=1S/C12H8N2S2/c1-2-9(11-13-4-6-15-11)8-10(3-1)12-14-5-7-16-12/h1-8H. The fraction of sp³-hybridized carbons (Fsp3) is 0. The highest BCUT2D eigenvalue weighted by Crippen LogP contribution is 2.28. The van der Waals surface area contributed by atoms with Crippen molar-refractivity contribution in [1.82, 2.24) is 9.97 Å². The lowest BCUT2D eigenvalue weighted by Crippen LogP contribution is -1.79. The predicted molar refractivity (Wildman–Crippen MR) is 68.7 cm³/mol. The maximum Gasteiger partial charge on any atom is 0.123 e. The lowest BCUT2D eigenvalue weighted by molar-refractivity contribution is 1.40. The van der Waals surface area contributed by atoms with Crippen molar-refractivity contribution in [2.75, 3.05) is 0 Å². The van der Waals surface area contributed by atoms with Crippen LogP contribution in [0, 0.1) is 0 Å². The van der Waals surface area contributed by atoms with Gasteiger partial charge in [0.05, 0.1) is 0 Å². The van der Waals surface area contributed by atoms with Crippen LogP contribution in [0.5, 0.6) is 0 Å². The molecule has 0 amide bonds. The van der Waals surface area contributed by atoms with E-state index >= 15 is 0 Å². The molecular weight excluding hydrogens is 236 g/mol. The lowest BCUT2D eigenvalue weighted by Gasteiger charge is -1.99. The van der Waals surface area contributed by atoms with Crippen molar-refractivity contribution in [1.29, 1.82) is 0 Å². The molecule has 0 radical (unpaired) electrons. The molecule has 2 heterocycles. The summed E-state index contributed by atoms with van der Waals surface area (Å²) in [5.74, 6) is 0. The molecule has 1 aromatic carbocycles. The Morgan fingerprint density at radius 2 is 1.38 bits per heavy atom. The zero-order valence-corrected chi connectivity index (χ0v) is 9.96. The van der Waals surface area contributed by atoms with Gasteiger partial charge in [0.25, 0.3) is 0 Å². The number of aromatic nitrogens is 2. The van der Waals surface area contributed by atoms with Gasteiger partial charge in [-0.05, 0) is 6.07 Å². The first-order valence-electron chi connectivity index (χ1n) is 4.83. The normalized spacial score (nSPS) is 10.5. The van der Waals surface area contributed by atoms with Gasteiger partial charge in [-0.15, -0.1) is 22.7 Å². The van der Waals surface area contributed by atoms with E-state index in [1.165, 1.54) is 0 Å². The van der Waals surface area contributed by atoms with E-state index in [0.717, 1.165) is 21.1 Å². The molecule has 3 aromatic rings. The molecule has 0 bridgehead atoms. The molecule has 0 spiro atoms. The van der Waals surface area contributed by atoms with Crippen LogP contribution in [0.15, 0.2) is 47.4 Å². The lowest BCUT2D eigenvalue weighted by atomic mass is 10.1. The van der Waals surface area contributed by atoms with Crippen LogP contribution >= 0.6 is 22.7 Å². The number of benzene rings is 1. The summed E-state index contributed by atoms with van der Waals surface area (Å²) in [6.07, 6.45) is 3.66. The highest BCUT2D eigenvalue weighted by atomic mass is 32.1. The molecule has 4 heteroatoms. The van der Waals surface area contributed by atoms with E-state index in [2.05, 4.69) is 28.2 Å². The Morgan fingerprint density at radius 3 is 1.81 bits per heavy atom. The maximum atomic E-state index is 4.31. The zero-order chi connectivity index (χ0) is 10.8. The molecule has 78 valence electrons. The van der Waals surface area contributed by atoms with Crippen LogP contribution in [0.25, 0.3) is 21.1 Å². The molecule has 0 aliphatic heterocycles. The quantitative estimate of drug-likeness (QED) is 0.682. The average Bonchev–Trinajstić information content (AvgIpc) is 3.03. The van der Waals surface area contributed by atoms with Crippen molar-refractivity contribution < 1.29 is 0 Å². The molecule has 0 aliphatic carbocycles. The molecule has 0 N–H and O–H groups in total. The van der Waals surface area contributed by atoms with Gasteiger partial charge in [0.1, 0.15) is 10.0 Å². The first kappa shape index (κ1) is 9.69. The van der Waals surface area contributed by atoms with Gasteiger partial charge in [0, 0.05) is 34.3 Å². The number of hydrogen-bond acceptors (Lipinski definition) is 4. The van der Waals surface area contributed by atoms with E-state index in [9.17, 15) is 0 Å². The largest absolute Gasteiger partial charge is 0.245 e. The minimum Gasteiger partial charge on any atom is -0.245 e. The summed E-state index contributed by atoms with van der Waals surface area (Å²) in [6, 6.07) is 8.34. The van der Waals surface area contributed by atoms with Crippen LogP contribution in [0.4, 0.5) is 0 Å². The van der Waals surface area contributed by atoms with Gasteiger partial charge >= 0.3 is 0 Å². The molecule has 0 saturated carbocycles. The van der Waals surface area contributed by atoms with Crippen molar-refractivity contribution in [3.63, 3.8) is 0 Å². The number of nitrogens with zero attached hydrogens (tertiary/aromatic N) is 2. The molecular formula is C12H8N2S2. The van der Waals surface area contributed by atoms with Crippen LogP contribution < -0.4 is 0 Å². The first-order valence-corrected chi connectivity index (χ1v) is 6.59. The maximum absolute atomic E-state index is 4.31. The second kappa shape index (κ2) is 4.15. The second-order valence-electron chi connectivity index (χ2n) is 3.26. The first-order chi connectivity index (χ1) is 7.93. The summed E-state index contributed by atoms with van der Waals surface area (Å²) in [6.45, 7) is 0. The van der Waals surface area contributed by atoms with Crippen LogP contribution in [0.3, 0.4) is 0 Å². The van der Waals surface area contributed by atoms with Gasteiger partial charge in [-0.25, -0.2) is 9.97 Å². The highest BCUT2D eigenvalue weighted by Gasteiger charge is 2.04. The minimum absolute atomic E-state index is 1.05. The summed E-state index contributed by atoms with van der Waals surface area (Å²) in [7, 11) is 0. The van der Waals surface area contributed by atoms with Crippen molar-refractivity contribution in [3.05, 3.63) is 47.4 Å².